The highest BCUT2D eigenvalue weighted by molar-refractivity contribution is 7.91. The number of halogens is 1. The first-order valence-electron chi connectivity index (χ1n) is 2.96. The molecule has 1 unspecified atom stereocenters. The summed E-state index contributed by atoms with van der Waals surface area (Å²) in [6.45, 7) is 0.458. The van der Waals surface area contributed by atoms with Gasteiger partial charge < -0.3 is 5.11 Å². The van der Waals surface area contributed by atoms with Crippen LogP contribution in [-0.2, 0) is 9.84 Å². The molecule has 0 fully saturated rings. The van der Waals surface area contributed by atoms with Crippen LogP contribution in [0, 0.1) is 0 Å². The summed E-state index contributed by atoms with van der Waals surface area (Å²) in [6, 6.07) is 0. The van der Waals surface area contributed by atoms with Gasteiger partial charge in [-0.2, -0.15) is 0 Å². The molecule has 5 heteroatoms. The number of aliphatic hydroxyl groups excluding tert-OH is 1. The van der Waals surface area contributed by atoms with Gasteiger partial charge in [0, 0.05) is 5.75 Å². The van der Waals surface area contributed by atoms with E-state index >= 15 is 0 Å². The number of alkyl halides is 1. The molecule has 1 atom stereocenters. The number of rotatable bonds is 4. The molecule has 0 aliphatic carbocycles. The van der Waals surface area contributed by atoms with E-state index in [1.807, 2.05) is 0 Å². The second kappa shape index (κ2) is 3.88. The van der Waals surface area contributed by atoms with Gasteiger partial charge in [0.05, 0.1) is 11.9 Å². The van der Waals surface area contributed by atoms with Gasteiger partial charge in [0.2, 0.25) is 0 Å². The van der Waals surface area contributed by atoms with Crippen molar-refractivity contribution in [2.75, 3.05) is 18.2 Å². The van der Waals surface area contributed by atoms with Crippen molar-refractivity contribution in [2.24, 2.45) is 0 Å². The molecule has 1 N–H and O–H groups in total. The summed E-state index contributed by atoms with van der Waals surface area (Å²) in [6.07, 6.45) is -1.36. The van der Waals surface area contributed by atoms with Gasteiger partial charge in [0.25, 0.3) is 0 Å². The molecular weight excluding hydrogens is 159 g/mol. The quantitative estimate of drug-likeness (QED) is 0.633. The Kier molecular flexibility index (Phi) is 3.81. The van der Waals surface area contributed by atoms with Crippen molar-refractivity contribution in [1.82, 2.24) is 0 Å². The van der Waals surface area contributed by atoms with Crippen LogP contribution in [0.25, 0.3) is 0 Å². The normalized spacial score (nSPS) is 15.1. The maximum absolute atomic E-state index is 11.5. The molecule has 0 bridgehead atoms. The van der Waals surface area contributed by atoms with E-state index in [9.17, 15) is 12.8 Å². The minimum atomic E-state index is -3.22. The van der Waals surface area contributed by atoms with Gasteiger partial charge >= 0.3 is 0 Å². The summed E-state index contributed by atoms with van der Waals surface area (Å²) >= 11 is 0. The van der Waals surface area contributed by atoms with E-state index in [1.54, 1.807) is 0 Å². The number of hydrogen-bond acceptors (Lipinski definition) is 3. The zero-order valence-electron chi connectivity index (χ0n) is 5.75. The van der Waals surface area contributed by atoms with Crippen LogP contribution in [0.3, 0.4) is 0 Å². The second-order valence-corrected chi connectivity index (χ2v) is 4.40. The first kappa shape index (κ1) is 9.84. The highest BCUT2D eigenvalue weighted by Gasteiger charge is 2.14. The van der Waals surface area contributed by atoms with Gasteiger partial charge in [-0.15, -0.1) is 0 Å². The second-order valence-electron chi connectivity index (χ2n) is 2.01. The third-order valence-corrected chi connectivity index (χ3v) is 2.84. The molecule has 10 heavy (non-hydrogen) atoms. The fourth-order valence-corrected chi connectivity index (χ4v) is 1.37. The van der Waals surface area contributed by atoms with Gasteiger partial charge in [-0.25, -0.2) is 12.8 Å². The largest absolute Gasteiger partial charge is 0.389 e. The summed E-state index contributed by atoms with van der Waals surface area (Å²) in [5.41, 5.74) is 0. The van der Waals surface area contributed by atoms with Crippen LogP contribution in [0.15, 0.2) is 0 Å². The number of hydrogen-bond donors (Lipinski definition) is 1. The van der Waals surface area contributed by atoms with E-state index in [2.05, 4.69) is 0 Å². The van der Waals surface area contributed by atoms with Gasteiger partial charge in [-0.3, -0.25) is 0 Å². The minimum Gasteiger partial charge on any atom is -0.389 e. The van der Waals surface area contributed by atoms with Crippen molar-refractivity contribution >= 4 is 9.84 Å². The Morgan fingerprint density at radius 3 is 2.40 bits per heavy atom. The lowest BCUT2D eigenvalue weighted by molar-refractivity contribution is 0.160. The molecule has 0 rings (SSSR count). The third-order valence-electron chi connectivity index (χ3n) is 1.06. The molecule has 0 saturated heterocycles. The third kappa shape index (κ3) is 3.79. The fourth-order valence-electron chi connectivity index (χ4n) is 0.456. The van der Waals surface area contributed by atoms with Crippen LogP contribution in [0.2, 0.25) is 0 Å². The van der Waals surface area contributed by atoms with E-state index in [0.717, 1.165) is 0 Å². The summed E-state index contributed by atoms with van der Waals surface area (Å²) in [7, 11) is -3.22. The predicted molar refractivity (Wildman–Crippen MR) is 36.3 cm³/mol. The molecule has 0 saturated carbocycles. The van der Waals surface area contributed by atoms with Crippen LogP contribution >= 0.6 is 0 Å². The summed E-state index contributed by atoms with van der Waals surface area (Å²) in [5, 5.41) is 8.57. The van der Waals surface area contributed by atoms with E-state index in [0.29, 0.717) is 0 Å². The van der Waals surface area contributed by atoms with E-state index < -0.39 is 28.4 Å². The molecule has 0 aliphatic heterocycles. The number of aliphatic hydroxyl groups is 1. The lowest BCUT2D eigenvalue weighted by atomic mass is 10.5. The smallest absolute Gasteiger partial charge is 0.152 e. The zero-order valence-corrected chi connectivity index (χ0v) is 6.57. The van der Waals surface area contributed by atoms with Crippen molar-refractivity contribution in [3.8, 4) is 0 Å². The molecule has 0 radical (unpaired) electrons. The maximum atomic E-state index is 11.5. The van der Waals surface area contributed by atoms with Crippen LogP contribution in [0.5, 0.6) is 0 Å². The van der Waals surface area contributed by atoms with Crippen molar-refractivity contribution in [1.29, 1.82) is 0 Å². The molecule has 0 amide bonds. The Bertz CT molecular complexity index is 175. The van der Waals surface area contributed by atoms with E-state index in [-0.39, 0.29) is 5.75 Å². The molecule has 0 aromatic carbocycles. The summed E-state index contributed by atoms with van der Waals surface area (Å²) in [5.74, 6) is -0.524. The molecule has 0 spiro atoms. The molecule has 0 aromatic heterocycles. The van der Waals surface area contributed by atoms with Gasteiger partial charge in [0.15, 0.2) is 9.84 Å². The highest BCUT2D eigenvalue weighted by Crippen LogP contribution is 1.94. The highest BCUT2D eigenvalue weighted by atomic mass is 32.2. The van der Waals surface area contributed by atoms with E-state index in [4.69, 9.17) is 5.11 Å². The molecule has 0 aromatic rings. The fraction of sp³-hybridized carbons (Fsp3) is 1.00. The number of sulfone groups is 1. The lowest BCUT2D eigenvalue weighted by Gasteiger charge is -2.03. The van der Waals surface area contributed by atoms with Crippen molar-refractivity contribution in [2.45, 2.75) is 13.0 Å². The average molecular weight is 170 g/mol. The van der Waals surface area contributed by atoms with Crippen LogP contribution in [0.4, 0.5) is 4.39 Å². The van der Waals surface area contributed by atoms with Crippen LogP contribution in [-0.4, -0.2) is 37.8 Å². The molecule has 0 aliphatic rings. The standard InChI is InChI=1S/C5H11FO3S/c1-2-10(8,9)4-5(7)3-6/h5,7H,2-4H2,1H3. The lowest BCUT2D eigenvalue weighted by Crippen LogP contribution is -2.23. The van der Waals surface area contributed by atoms with Crippen molar-refractivity contribution in [3.63, 3.8) is 0 Å². The molecule has 0 heterocycles. The predicted octanol–water partition coefficient (Wildman–Crippen LogP) is -0.248. The van der Waals surface area contributed by atoms with Crippen molar-refractivity contribution < 1.29 is 17.9 Å². The molecule has 62 valence electrons. The SMILES string of the molecule is CCS(=O)(=O)CC(O)CF. The topological polar surface area (TPSA) is 54.4 Å². The van der Waals surface area contributed by atoms with Gasteiger partial charge in [0.1, 0.15) is 6.67 Å². The van der Waals surface area contributed by atoms with Crippen molar-refractivity contribution in [3.05, 3.63) is 0 Å². The Labute approximate surface area is 59.8 Å². The van der Waals surface area contributed by atoms with Gasteiger partial charge in [-0.1, -0.05) is 6.92 Å². The monoisotopic (exact) mass is 170 g/mol. The first-order chi connectivity index (χ1) is 4.52. The first-order valence-corrected chi connectivity index (χ1v) is 4.78. The van der Waals surface area contributed by atoms with Crippen LogP contribution in [0.1, 0.15) is 6.92 Å². The van der Waals surface area contributed by atoms with E-state index in [1.165, 1.54) is 6.92 Å². The van der Waals surface area contributed by atoms with Gasteiger partial charge in [-0.05, 0) is 0 Å². The minimum absolute atomic E-state index is 0.0515. The average Bonchev–Trinajstić information content (AvgIpc) is 1.87. The molecule has 3 nitrogen and oxygen atoms in total. The summed E-state index contributed by atoms with van der Waals surface area (Å²) < 4.78 is 32.8. The zero-order chi connectivity index (χ0) is 8.20. The Hall–Kier alpha value is -0.160. The molecular formula is C5H11FO3S. The maximum Gasteiger partial charge on any atom is 0.152 e. The Morgan fingerprint density at radius 1 is 1.60 bits per heavy atom. The Morgan fingerprint density at radius 2 is 2.10 bits per heavy atom. The Balaban J connectivity index is 3.90. The summed E-state index contributed by atoms with van der Waals surface area (Å²) in [4.78, 5) is 0. The van der Waals surface area contributed by atoms with Crippen LogP contribution < -0.4 is 0 Å².